The minimum absolute atomic E-state index is 0.0104. The standard InChI is InChI=1S/C40H58N2O6/c1-23-12-14-30-25(3)33(43-34-21-37(5)18-16-28(23)39(30,34)47-45-37)20-32(42-41-27-10-8-7-9-11-27)36-26(4)31-15-13-24(2)29-17-19-38(6)22-35(44-36)40(29,31)48-46-38/h7-11,23-26,28-36H,12-22H2,1-6H3/t23-,24-,25-,26-,28+,29+,30+,31+,32?,33-,34-,35-,36+,37+,38+,39-,40-/m1/s1. The van der Waals surface area contributed by atoms with Crippen LogP contribution in [-0.2, 0) is 29.0 Å². The summed E-state index contributed by atoms with van der Waals surface area (Å²) in [7, 11) is 0. The maximum absolute atomic E-state index is 7.41. The summed E-state index contributed by atoms with van der Waals surface area (Å²) in [6.45, 7) is 14.1. The fraction of sp³-hybridized carbons (Fsp3) is 0.850. The lowest BCUT2D eigenvalue weighted by Gasteiger charge is -2.62. The minimum Gasteiger partial charge on any atom is -0.371 e. The molecule has 48 heavy (non-hydrogen) atoms. The number of fused-ring (bicyclic) bond motifs is 4. The fourth-order valence-corrected chi connectivity index (χ4v) is 12.9. The number of nitrogens with zero attached hydrogens (tertiary/aromatic N) is 2. The Balaban J connectivity index is 1.06. The molecule has 0 N–H and O–H groups in total. The molecule has 8 heteroatoms. The first-order valence-electron chi connectivity index (χ1n) is 19.6. The molecule has 2 spiro atoms. The molecule has 0 amide bonds. The van der Waals surface area contributed by atoms with Gasteiger partial charge in [0.25, 0.3) is 0 Å². The fourth-order valence-electron chi connectivity index (χ4n) is 12.9. The monoisotopic (exact) mass is 662 g/mol. The number of benzene rings is 1. The first-order chi connectivity index (χ1) is 23.1. The summed E-state index contributed by atoms with van der Waals surface area (Å²) in [5.41, 5.74) is -0.467. The lowest BCUT2D eigenvalue weighted by atomic mass is 9.55. The molecule has 264 valence electrons. The van der Waals surface area contributed by atoms with Crippen LogP contribution < -0.4 is 0 Å². The van der Waals surface area contributed by atoms with Gasteiger partial charge in [-0.2, -0.15) is 10.2 Å². The van der Waals surface area contributed by atoms with Gasteiger partial charge in [-0.05, 0) is 125 Å². The van der Waals surface area contributed by atoms with Crippen molar-refractivity contribution >= 4 is 5.69 Å². The van der Waals surface area contributed by atoms with E-state index in [1.165, 1.54) is 12.8 Å². The highest BCUT2D eigenvalue weighted by Crippen LogP contribution is 2.64. The number of ether oxygens (including phenoxy) is 2. The molecular formula is C40H58N2O6. The van der Waals surface area contributed by atoms with E-state index in [0.29, 0.717) is 41.4 Å². The van der Waals surface area contributed by atoms with Crippen LogP contribution in [0.2, 0.25) is 0 Å². The van der Waals surface area contributed by atoms with Gasteiger partial charge in [-0.25, -0.2) is 19.6 Å². The van der Waals surface area contributed by atoms with Crippen LogP contribution >= 0.6 is 0 Å². The Hall–Kier alpha value is -1.42. The highest BCUT2D eigenvalue weighted by atomic mass is 17.2. The van der Waals surface area contributed by atoms with E-state index in [0.717, 1.165) is 63.5 Å². The summed E-state index contributed by atoms with van der Waals surface area (Å²) in [5.74, 6) is 3.44. The van der Waals surface area contributed by atoms with Crippen LogP contribution in [0.25, 0.3) is 0 Å². The summed E-state index contributed by atoms with van der Waals surface area (Å²) in [5, 5.41) is 10.1. The second-order valence-corrected chi connectivity index (χ2v) is 18.3. The Morgan fingerprint density at radius 3 is 1.83 bits per heavy atom. The molecule has 4 saturated carbocycles. The SMILES string of the molecule is C[C@H]1[C@@H](C(C[C@H]2O[C@@H]3C[C@]4(C)CC[C@H]5[C@H](C)CC[C@@H]([C@H]2C)[C@@]35OO4)N=Nc2ccccc2)O[C@@H]2C[C@]3(C)CC[C@H]4[C@H](C)CC[C@@H]1[C@@]24OO3. The van der Waals surface area contributed by atoms with Crippen LogP contribution in [0.4, 0.5) is 5.69 Å². The zero-order valence-electron chi connectivity index (χ0n) is 30.0. The second-order valence-electron chi connectivity index (χ2n) is 18.3. The largest absolute Gasteiger partial charge is 0.371 e. The number of rotatable bonds is 5. The average Bonchev–Trinajstić information content (AvgIpc) is 3.45. The molecule has 17 atom stereocenters. The Morgan fingerprint density at radius 2 is 1.23 bits per heavy atom. The highest BCUT2D eigenvalue weighted by molar-refractivity contribution is 5.34. The molecule has 4 bridgehead atoms. The van der Waals surface area contributed by atoms with Crippen LogP contribution in [0.1, 0.15) is 112 Å². The topological polar surface area (TPSA) is 80.1 Å². The summed E-state index contributed by atoms with van der Waals surface area (Å²) in [6, 6.07) is 10.0. The van der Waals surface area contributed by atoms with Gasteiger partial charge in [0, 0.05) is 19.3 Å². The Kier molecular flexibility index (Phi) is 7.81. The summed E-state index contributed by atoms with van der Waals surface area (Å²) in [4.78, 5) is 25.9. The Bertz CT molecular complexity index is 1390. The van der Waals surface area contributed by atoms with Crippen LogP contribution in [0.3, 0.4) is 0 Å². The molecule has 4 aliphatic carbocycles. The number of hydrogen-bond acceptors (Lipinski definition) is 8. The smallest absolute Gasteiger partial charge is 0.136 e. The maximum atomic E-state index is 7.41. The summed E-state index contributed by atoms with van der Waals surface area (Å²) < 4.78 is 14.8. The zero-order chi connectivity index (χ0) is 33.1. The van der Waals surface area contributed by atoms with Gasteiger partial charge in [0.05, 0.1) is 30.1 Å². The van der Waals surface area contributed by atoms with Gasteiger partial charge in [0.2, 0.25) is 0 Å². The number of azo groups is 1. The second kappa shape index (κ2) is 11.5. The summed E-state index contributed by atoms with van der Waals surface area (Å²) in [6.07, 6.45) is 11.7. The van der Waals surface area contributed by atoms with Crippen molar-refractivity contribution in [1.82, 2.24) is 0 Å². The first kappa shape index (κ1) is 32.5. The van der Waals surface area contributed by atoms with Crippen molar-refractivity contribution in [3.8, 4) is 0 Å². The van der Waals surface area contributed by atoms with Crippen molar-refractivity contribution in [2.75, 3.05) is 0 Å². The molecule has 6 aliphatic heterocycles. The van der Waals surface area contributed by atoms with E-state index in [-0.39, 0.29) is 58.8 Å². The van der Waals surface area contributed by atoms with E-state index in [4.69, 9.17) is 39.3 Å². The minimum atomic E-state index is -0.383. The van der Waals surface area contributed by atoms with Crippen molar-refractivity contribution < 1.29 is 29.0 Å². The lowest BCUT2D eigenvalue weighted by molar-refractivity contribution is -0.489. The Morgan fingerprint density at radius 1 is 0.667 bits per heavy atom. The number of hydrogen-bond donors (Lipinski definition) is 0. The molecule has 11 rings (SSSR count). The van der Waals surface area contributed by atoms with Gasteiger partial charge in [0.15, 0.2) is 0 Å². The molecule has 0 aromatic heterocycles. The van der Waals surface area contributed by atoms with Crippen molar-refractivity contribution in [2.24, 2.45) is 57.6 Å². The van der Waals surface area contributed by atoms with Crippen LogP contribution in [0, 0.1) is 47.3 Å². The van der Waals surface area contributed by atoms with Crippen LogP contribution in [0.15, 0.2) is 40.6 Å². The predicted octanol–water partition coefficient (Wildman–Crippen LogP) is 8.95. The Labute approximate surface area is 287 Å². The first-order valence-corrected chi connectivity index (χ1v) is 19.6. The molecule has 1 aromatic carbocycles. The predicted molar refractivity (Wildman–Crippen MR) is 180 cm³/mol. The van der Waals surface area contributed by atoms with Gasteiger partial charge >= 0.3 is 0 Å². The third-order valence-corrected chi connectivity index (χ3v) is 15.5. The van der Waals surface area contributed by atoms with E-state index >= 15 is 0 Å². The van der Waals surface area contributed by atoms with Crippen molar-refractivity contribution in [1.29, 1.82) is 0 Å². The van der Waals surface area contributed by atoms with Crippen molar-refractivity contribution in [3.05, 3.63) is 30.3 Å². The molecule has 1 aromatic rings. The molecule has 6 saturated heterocycles. The van der Waals surface area contributed by atoms with E-state index in [2.05, 4.69) is 41.5 Å². The normalized spacial score (nSPS) is 54.6. The van der Waals surface area contributed by atoms with E-state index < -0.39 is 0 Å². The van der Waals surface area contributed by atoms with E-state index in [1.54, 1.807) is 0 Å². The quantitative estimate of drug-likeness (QED) is 0.231. The third-order valence-electron chi connectivity index (χ3n) is 15.5. The lowest BCUT2D eigenvalue weighted by Crippen LogP contribution is -2.71. The zero-order valence-corrected chi connectivity index (χ0v) is 30.0. The van der Waals surface area contributed by atoms with Gasteiger partial charge in [0.1, 0.15) is 28.4 Å². The van der Waals surface area contributed by atoms with Crippen molar-refractivity contribution in [3.63, 3.8) is 0 Å². The molecule has 10 aliphatic rings. The van der Waals surface area contributed by atoms with E-state index in [9.17, 15) is 0 Å². The highest BCUT2D eigenvalue weighted by Gasteiger charge is 2.70. The van der Waals surface area contributed by atoms with Gasteiger partial charge in [-0.15, -0.1) is 0 Å². The van der Waals surface area contributed by atoms with E-state index in [1.807, 2.05) is 30.3 Å². The molecule has 0 radical (unpaired) electrons. The third kappa shape index (κ3) is 4.74. The van der Waals surface area contributed by atoms with Gasteiger partial charge in [-0.1, -0.05) is 45.9 Å². The van der Waals surface area contributed by atoms with Gasteiger partial charge in [-0.3, -0.25) is 0 Å². The molecule has 8 nitrogen and oxygen atoms in total. The average molecular weight is 663 g/mol. The molecule has 10 fully saturated rings. The summed E-state index contributed by atoms with van der Waals surface area (Å²) >= 11 is 0. The maximum Gasteiger partial charge on any atom is 0.136 e. The van der Waals surface area contributed by atoms with Crippen molar-refractivity contribution in [2.45, 2.75) is 165 Å². The molecule has 6 heterocycles. The van der Waals surface area contributed by atoms with Crippen LogP contribution in [-0.4, -0.2) is 52.9 Å². The molecule has 1 unspecified atom stereocenters. The van der Waals surface area contributed by atoms with Crippen LogP contribution in [0.5, 0.6) is 0 Å². The molecular weight excluding hydrogens is 604 g/mol. The van der Waals surface area contributed by atoms with Gasteiger partial charge < -0.3 is 9.47 Å².